The van der Waals surface area contributed by atoms with Crippen LogP contribution in [0.5, 0.6) is 0 Å². The average molecular weight is 398 g/mol. The van der Waals surface area contributed by atoms with Crippen LogP contribution in [0, 0.1) is 0 Å². The minimum absolute atomic E-state index is 0.0543. The Labute approximate surface area is 157 Å². The second-order valence-corrected chi connectivity index (χ2v) is 7.38. The zero-order chi connectivity index (χ0) is 19.6. The van der Waals surface area contributed by atoms with Gasteiger partial charge in [-0.15, -0.1) is 11.8 Å². The van der Waals surface area contributed by atoms with Crippen LogP contribution in [0.15, 0.2) is 41.6 Å². The number of para-hydroxylation sites is 1. The lowest BCUT2D eigenvalue weighted by Crippen LogP contribution is -2.36. The van der Waals surface area contributed by atoms with E-state index in [1.807, 2.05) is 18.2 Å². The molecule has 2 heterocycles. The Kier molecular flexibility index (Phi) is 5.45. The molecule has 3 rings (SSSR count). The standard InChI is InChI=1S/C17H17F3N4O2S/c1-23(9-14-21-6-7-24(14)10-17(18,19)20)15(25)8-13-16(26)22-11-4-2-3-5-12(11)27-13/h2-7,13H,8-10H2,1H3,(H,22,26). The van der Waals surface area contributed by atoms with Crippen molar-refractivity contribution in [1.82, 2.24) is 14.5 Å². The van der Waals surface area contributed by atoms with Gasteiger partial charge in [-0.3, -0.25) is 9.59 Å². The summed E-state index contributed by atoms with van der Waals surface area (Å²) in [6.07, 6.45) is -1.94. The van der Waals surface area contributed by atoms with Crippen LogP contribution >= 0.6 is 11.8 Å². The van der Waals surface area contributed by atoms with Crippen molar-refractivity contribution in [1.29, 1.82) is 0 Å². The first-order valence-electron chi connectivity index (χ1n) is 8.10. The van der Waals surface area contributed by atoms with Gasteiger partial charge in [-0.05, 0) is 12.1 Å². The van der Waals surface area contributed by atoms with E-state index in [9.17, 15) is 22.8 Å². The molecule has 27 heavy (non-hydrogen) atoms. The summed E-state index contributed by atoms with van der Waals surface area (Å²) in [6, 6.07) is 7.29. The number of carbonyl (C=O) groups excluding carboxylic acids is 2. The minimum Gasteiger partial charge on any atom is -0.338 e. The van der Waals surface area contributed by atoms with Gasteiger partial charge in [0.2, 0.25) is 11.8 Å². The Morgan fingerprint density at radius 1 is 1.37 bits per heavy atom. The second-order valence-electron chi connectivity index (χ2n) is 6.13. The number of nitrogens with zero attached hydrogens (tertiary/aromatic N) is 3. The van der Waals surface area contributed by atoms with Crippen molar-refractivity contribution in [2.24, 2.45) is 0 Å². The van der Waals surface area contributed by atoms with Gasteiger partial charge in [-0.1, -0.05) is 12.1 Å². The highest BCUT2D eigenvalue weighted by Gasteiger charge is 2.31. The number of halogens is 3. The highest BCUT2D eigenvalue weighted by atomic mass is 32.2. The highest BCUT2D eigenvalue weighted by molar-refractivity contribution is 8.01. The number of hydrogen-bond acceptors (Lipinski definition) is 4. The Morgan fingerprint density at radius 2 is 2.11 bits per heavy atom. The van der Waals surface area contributed by atoms with E-state index in [1.54, 1.807) is 6.07 Å². The van der Waals surface area contributed by atoms with Crippen LogP contribution in [-0.2, 0) is 22.7 Å². The molecule has 0 aliphatic carbocycles. The molecule has 0 saturated carbocycles. The van der Waals surface area contributed by atoms with Gasteiger partial charge in [-0.25, -0.2) is 4.98 Å². The first-order valence-corrected chi connectivity index (χ1v) is 8.98. The average Bonchev–Trinajstić information content (AvgIpc) is 3.00. The van der Waals surface area contributed by atoms with Crippen molar-refractivity contribution in [3.8, 4) is 0 Å². The fraction of sp³-hybridized carbons (Fsp3) is 0.353. The summed E-state index contributed by atoms with van der Waals surface area (Å²) < 4.78 is 38.7. The topological polar surface area (TPSA) is 67.2 Å². The first kappa shape index (κ1) is 19.3. The molecule has 0 radical (unpaired) electrons. The number of carbonyl (C=O) groups is 2. The van der Waals surface area contributed by atoms with Gasteiger partial charge in [0.1, 0.15) is 12.4 Å². The number of thioether (sulfide) groups is 1. The molecule has 1 aliphatic rings. The molecule has 1 aromatic carbocycles. The van der Waals surface area contributed by atoms with Crippen LogP contribution < -0.4 is 5.32 Å². The molecule has 6 nitrogen and oxygen atoms in total. The van der Waals surface area contributed by atoms with Crippen molar-refractivity contribution in [2.45, 2.75) is 35.8 Å². The summed E-state index contributed by atoms with van der Waals surface area (Å²) in [6.45, 7) is -1.24. The number of nitrogens with one attached hydrogen (secondary N) is 1. The Hall–Kier alpha value is -2.49. The Balaban J connectivity index is 1.62. The molecule has 144 valence electrons. The maximum atomic E-state index is 12.6. The smallest absolute Gasteiger partial charge is 0.338 e. The minimum atomic E-state index is -4.37. The van der Waals surface area contributed by atoms with Crippen LogP contribution in [0.4, 0.5) is 18.9 Å². The highest BCUT2D eigenvalue weighted by Crippen LogP contribution is 2.36. The van der Waals surface area contributed by atoms with Crippen LogP contribution in [0.3, 0.4) is 0 Å². The molecule has 1 N–H and O–H groups in total. The molecule has 1 atom stereocenters. The van der Waals surface area contributed by atoms with Gasteiger partial charge in [0, 0.05) is 30.8 Å². The lowest BCUT2D eigenvalue weighted by atomic mass is 10.2. The van der Waals surface area contributed by atoms with Gasteiger partial charge in [-0.2, -0.15) is 13.2 Å². The summed E-state index contributed by atoms with van der Waals surface area (Å²) in [4.78, 5) is 30.7. The molecular weight excluding hydrogens is 381 g/mol. The SMILES string of the molecule is CN(Cc1nccn1CC(F)(F)F)C(=O)CC1Sc2ccccc2NC1=O. The molecular formula is C17H17F3N4O2S. The van der Waals surface area contributed by atoms with Gasteiger partial charge >= 0.3 is 6.18 Å². The Bertz CT molecular complexity index is 853. The normalized spacial score (nSPS) is 16.6. The number of rotatable bonds is 5. The Morgan fingerprint density at radius 3 is 2.85 bits per heavy atom. The summed E-state index contributed by atoms with van der Waals surface area (Å²) >= 11 is 1.30. The molecule has 0 spiro atoms. The number of hydrogen-bond donors (Lipinski definition) is 1. The second kappa shape index (κ2) is 7.63. The predicted molar refractivity (Wildman–Crippen MR) is 94.1 cm³/mol. The molecule has 0 saturated heterocycles. The van der Waals surface area contributed by atoms with E-state index in [2.05, 4.69) is 10.3 Å². The van der Waals surface area contributed by atoms with Gasteiger partial charge < -0.3 is 14.8 Å². The lowest BCUT2D eigenvalue weighted by molar-refractivity contribution is -0.141. The summed E-state index contributed by atoms with van der Waals surface area (Å²) in [7, 11) is 1.48. The van der Waals surface area contributed by atoms with Crippen LogP contribution in [0.25, 0.3) is 0 Å². The van der Waals surface area contributed by atoms with Crippen LogP contribution in [0.2, 0.25) is 0 Å². The van der Waals surface area contributed by atoms with Crippen LogP contribution in [0.1, 0.15) is 12.2 Å². The summed E-state index contributed by atoms with van der Waals surface area (Å²) in [5.74, 6) is -0.475. The molecule has 1 aromatic heterocycles. The largest absolute Gasteiger partial charge is 0.406 e. The van der Waals surface area contributed by atoms with Gasteiger partial charge in [0.05, 0.1) is 17.5 Å². The van der Waals surface area contributed by atoms with E-state index < -0.39 is 18.0 Å². The van der Waals surface area contributed by atoms with Crippen molar-refractivity contribution in [2.75, 3.05) is 12.4 Å². The number of amides is 2. The maximum absolute atomic E-state index is 12.6. The molecule has 0 bridgehead atoms. The quantitative estimate of drug-likeness (QED) is 0.841. The van der Waals surface area contributed by atoms with Crippen LogP contribution in [-0.4, -0.2) is 44.7 Å². The molecule has 2 aromatic rings. The van der Waals surface area contributed by atoms with E-state index >= 15 is 0 Å². The van der Waals surface area contributed by atoms with Gasteiger partial charge in [0.25, 0.3) is 0 Å². The molecule has 2 amide bonds. The predicted octanol–water partition coefficient (Wildman–Crippen LogP) is 2.91. The van der Waals surface area contributed by atoms with Crippen molar-refractivity contribution in [3.63, 3.8) is 0 Å². The number of anilines is 1. The van der Waals surface area contributed by atoms with E-state index in [0.717, 1.165) is 9.46 Å². The molecule has 10 heteroatoms. The maximum Gasteiger partial charge on any atom is 0.406 e. The van der Waals surface area contributed by atoms with Crippen molar-refractivity contribution < 1.29 is 22.8 Å². The number of aromatic nitrogens is 2. The zero-order valence-electron chi connectivity index (χ0n) is 14.4. The van der Waals surface area contributed by atoms with Crippen molar-refractivity contribution in [3.05, 3.63) is 42.5 Å². The number of fused-ring (bicyclic) bond motifs is 1. The van der Waals surface area contributed by atoms with E-state index in [-0.39, 0.29) is 30.6 Å². The fourth-order valence-corrected chi connectivity index (χ4v) is 3.77. The first-order chi connectivity index (χ1) is 12.7. The fourth-order valence-electron chi connectivity index (χ4n) is 2.67. The number of alkyl halides is 3. The van der Waals surface area contributed by atoms with Gasteiger partial charge in [0.15, 0.2) is 0 Å². The summed E-state index contributed by atoms with van der Waals surface area (Å²) in [5.41, 5.74) is 0.707. The number of imidazole rings is 1. The third-order valence-electron chi connectivity index (χ3n) is 4.02. The number of benzene rings is 1. The van der Waals surface area contributed by atoms with E-state index in [1.165, 1.54) is 36.1 Å². The van der Waals surface area contributed by atoms with Crippen molar-refractivity contribution >= 4 is 29.3 Å². The zero-order valence-corrected chi connectivity index (χ0v) is 15.2. The molecule has 0 fully saturated rings. The molecule has 1 aliphatic heterocycles. The summed E-state index contributed by atoms with van der Waals surface area (Å²) in [5, 5.41) is 2.17. The van der Waals surface area contributed by atoms with E-state index in [0.29, 0.717) is 5.69 Å². The molecule has 1 unspecified atom stereocenters. The third kappa shape index (κ3) is 4.82. The third-order valence-corrected chi connectivity index (χ3v) is 5.30. The van der Waals surface area contributed by atoms with E-state index in [4.69, 9.17) is 0 Å². The lowest BCUT2D eigenvalue weighted by Gasteiger charge is -2.25. The monoisotopic (exact) mass is 398 g/mol.